The number of phenols is 1. The number of benzene rings is 2. The number of imide groups is 1. The van der Waals surface area contributed by atoms with Crippen LogP contribution in [0.3, 0.4) is 0 Å². The highest BCUT2D eigenvalue weighted by atomic mass is 79.9. The average molecular weight is 538 g/mol. The fourth-order valence-corrected chi connectivity index (χ4v) is 5.37. The van der Waals surface area contributed by atoms with Gasteiger partial charge >= 0.3 is 12.4 Å². The lowest BCUT2D eigenvalue weighted by Crippen LogP contribution is -2.53. The van der Waals surface area contributed by atoms with Crippen LogP contribution in [0, 0.1) is 0 Å². The van der Waals surface area contributed by atoms with Crippen molar-refractivity contribution in [1.29, 1.82) is 0 Å². The Hall–Kier alpha value is -3.21. The lowest BCUT2D eigenvalue weighted by Gasteiger charge is -2.42. The van der Waals surface area contributed by atoms with Gasteiger partial charge in [0, 0.05) is 34.9 Å². The van der Waals surface area contributed by atoms with Crippen molar-refractivity contribution in [3.05, 3.63) is 59.3 Å². The number of hydrogen-bond donors (Lipinski definition) is 2. The second-order valence-electron chi connectivity index (χ2n) is 8.52. The molecule has 1 saturated heterocycles. The number of amides is 3. The number of nitrogens with one attached hydrogen (secondary N) is 1. The summed E-state index contributed by atoms with van der Waals surface area (Å²) in [6.45, 7) is 1.84. The van der Waals surface area contributed by atoms with Gasteiger partial charge in [-0.25, -0.2) is 4.79 Å². The van der Waals surface area contributed by atoms with Crippen LogP contribution < -0.4 is 4.74 Å². The summed E-state index contributed by atoms with van der Waals surface area (Å²) < 4.78 is 42.6. The van der Waals surface area contributed by atoms with E-state index >= 15 is 0 Å². The Balaban J connectivity index is 1.73. The first-order valence-corrected chi connectivity index (χ1v) is 11.6. The number of carbonyl (C=O) groups is 2. The summed E-state index contributed by atoms with van der Waals surface area (Å²) in [6, 6.07) is 9.10. The molecule has 2 atom stereocenters. The highest BCUT2D eigenvalue weighted by Crippen LogP contribution is 2.49. The largest absolute Gasteiger partial charge is 0.573 e. The van der Waals surface area contributed by atoms with Crippen molar-refractivity contribution in [2.24, 2.45) is 0 Å². The Labute approximate surface area is 200 Å². The molecule has 11 heteroatoms. The number of aromatic amines is 1. The molecule has 178 valence electrons. The molecule has 0 saturated carbocycles. The highest BCUT2D eigenvalue weighted by Gasteiger charge is 2.60. The van der Waals surface area contributed by atoms with Crippen molar-refractivity contribution >= 4 is 38.8 Å². The zero-order valence-electron chi connectivity index (χ0n) is 17.8. The molecule has 3 aromatic rings. The maximum absolute atomic E-state index is 13.4. The maximum Gasteiger partial charge on any atom is 0.573 e. The number of rotatable bonds is 4. The number of nitrogens with zero attached hydrogens (tertiary/aromatic N) is 2. The number of aromatic nitrogens is 1. The average Bonchev–Trinajstić information content (AvgIpc) is 3.19. The molecule has 1 aromatic heterocycles. The molecule has 0 radical (unpaired) electrons. The van der Waals surface area contributed by atoms with Gasteiger partial charge in [-0.15, -0.1) is 13.2 Å². The van der Waals surface area contributed by atoms with Crippen LogP contribution in [0.4, 0.5) is 18.0 Å². The van der Waals surface area contributed by atoms with E-state index in [1.165, 1.54) is 40.1 Å². The molecule has 1 fully saturated rings. The molecule has 0 bridgehead atoms. The van der Waals surface area contributed by atoms with Gasteiger partial charge in [-0.1, -0.05) is 28.1 Å². The molecule has 0 aliphatic carbocycles. The predicted molar refractivity (Wildman–Crippen MR) is 120 cm³/mol. The minimum absolute atomic E-state index is 0.0152. The molecule has 2 N–H and O–H groups in total. The van der Waals surface area contributed by atoms with Gasteiger partial charge in [0.1, 0.15) is 23.1 Å². The molecule has 34 heavy (non-hydrogen) atoms. The normalized spacial score (nSPS) is 22.3. The molecule has 7 nitrogen and oxygen atoms in total. The van der Waals surface area contributed by atoms with Crippen LogP contribution in [0.2, 0.25) is 0 Å². The van der Waals surface area contributed by atoms with Gasteiger partial charge in [0.2, 0.25) is 0 Å². The lowest BCUT2D eigenvalue weighted by molar-refractivity contribution is -0.274. The van der Waals surface area contributed by atoms with Crippen molar-refractivity contribution in [3.8, 4) is 11.5 Å². The Kier molecular flexibility index (Phi) is 5.08. The Morgan fingerprint density at radius 2 is 2.00 bits per heavy atom. The summed E-state index contributed by atoms with van der Waals surface area (Å²) in [5.74, 6) is -0.776. The van der Waals surface area contributed by atoms with Gasteiger partial charge in [-0.3, -0.25) is 14.6 Å². The van der Waals surface area contributed by atoms with Gasteiger partial charge in [0.25, 0.3) is 5.91 Å². The van der Waals surface area contributed by atoms with Crippen LogP contribution in [-0.2, 0) is 11.2 Å². The molecule has 3 amide bonds. The van der Waals surface area contributed by atoms with Gasteiger partial charge in [0.15, 0.2) is 0 Å². The predicted octanol–water partition coefficient (Wildman–Crippen LogP) is 4.84. The highest BCUT2D eigenvalue weighted by molar-refractivity contribution is 9.09. The van der Waals surface area contributed by atoms with Crippen LogP contribution in [0.1, 0.15) is 29.8 Å². The first kappa shape index (κ1) is 22.6. The van der Waals surface area contributed by atoms with E-state index in [0.29, 0.717) is 33.1 Å². The first-order chi connectivity index (χ1) is 16.0. The summed E-state index contributed by atoms with van der Waals surface area (Å²) in [5.41, 5.74) is 1.04. The van der Waals surface area contributed by atoms with Crippen LogP contribution in [0.25, 0.3) is 10.9 Å². The summed E-state index contributed by atoms with van der Waals surface area (Å²) in [4.78, 5) is 32.8. The number of H-pyrrole nitrogens is 1. The van der Waals surface area contributed by atoms with Gasteiger partial charge in [0.05, 0.1) is 0 Å². The standard InChI is InChI=1S/C23H19BrF3N3O4/c1-22-11-16-15-10-14(34-23(25,26)27)5-6-17(15)28-18(16)19(12-3-2-4-13(31)9-12)30(22)21(33)29(8-7-24)20(22)32/h2-6,9-10,19,28,31H,7-8,11H2,1H3. The van der Waals surface area contributed by atoms with Gasteiger partial charge in [-0.05, 0) is 48.4 Å². The Bertz CT molecular complexity index is 1320. The maximum atomic E-state index is 13.4. The van der Waals surface area contributed by atoms with Crippen molar-refractivity contribution in [3.63, 3.8) is 0 Å². The molecule has 0 spiro atoms. The number of halogens is 4. The summed E-state index contributed by atoms with van der Waals surface area (Å²) in [5, 5.41) is 11.0. The van der Waals surface area contributed by atoms with Crippen LogP contribution in [0.5, 0.6) is 11.5 Å². The number of hydrogen-bond acceptors (Lipinski definition) is 4. The number of alkyl halides is 4. The number of ether oxygens (including phenoxy) is 1. The minimum atomic E-state index is -4.85. The fraction of sp³-hybridized carbons (Fsp3) is 0.304. The molecular weight excluding hydrogens is 519 g/mol. The second kappa shape index (κ2) is 7.66. The minimum Gasteiger partial charge on any atom is -0.508 e. The molecule has 5 rings (SSSR count). The topological polar surface area (TPSA) is 85.9 Å². The monoisotopic (exact) mass is 537 g/mol. The third-order valence-electron chi connectivity index (χ3n) is 6.37. The number of fused-ring (bicyclic) bond motifs is 4. The molecule has 2 aliphatic rings. The van der Waals surface area contributed by atoms with E-state index in [0.717, 1.165) is 0 Å². The smallest absolute Gasteiger partial charge is 0.508 e. The van der Waals surface area contributed by atoms with Crippen molar-refractivity contribution in [1.82, 2.24) is 14.8 Å². The molecule has 2 aromatic carbocycles. The van der Waals surface area contributed by atoms with Crippen molar-refractivity contribution in [2.75, 3.05) is 11.9 Å². The van der Waals surface area contributed by atoms with Gasteiger partial charge < -0.3 is 14.8 Å². The molecule has 2 aliphatic heterocycles. The van der Waals surface area contributed by atoms with E-state index in [1.54, 1.807) is 19.1 Å². The number of urea groups is 1. The SMILES string of the molecule is CC12Cc3c([nH]c4ccc(OC(F)(F)F)cc34)C(c3cccc(O)c3)N1C(=O)N(CCBr)C2=O. The zero-order chi connectivity index (χ0) is 24.4. The lowest BCUT2D eigenvalue weighted by atomic mass is 9.81. The number of phenolic OH excluding ortho intramolecular Hbond substituents is 1. The first-order valence-electron chi connectivity index (χ1n) is 10.4. The van der Waals surface area contributed by atoms with Crippen LogP contribution in [0.15, 0.2) is 42.5 Å². The van der Waals surface area contributed by atoms with E-state index in [2.05, 4.69) is 25.7 Å². The third-order valence-corrected chi connectivity index (χ3v) is 6.72. The Morgan fingerprint density at radius 3 is 2.68 bits per heavy atom. The van der Waals surface area contributed by atoms with Crippen LogP contribution in [-0.4, -0.2) is 55.6 Å². The Morgan fingerprint density at radius 1 is 1.24 bits per heavy atom. The summed E-state index contributed by atoms with van der Waals surface area (Å²) >= 11 is 3.28. The van der Waals surface area contributed by atoms with Gasteiger partial charge in [-0.2, -0.15) is 0 Å². The van der Waals surface area contributed by atoms with Crippen molar-refractivity contribution < 1.29 is 32.6 Å². The quantitative estimate of drug-likeness (QED) is 0.368. The van der Waals surface area contributed by atoms with E-state index in [9.17, 15) is 27.9 Å². The third kappa shape index (κ3) is 3.41. The van der Waals surface area contributed by atoms with E-state index in [4.69, 9.17) is 0 Å². The molecule has 2 unspecified atom stereocenters. The van der Waals surface area contributed by atoms with E-state index < -0.39 is 24.0 Å². The number of aromatic hydroxyl groups is 1. The molecule has 3 heterocycles. The fourth-order valence-electron chi connectivity index (χ4n) is 5.01. The second-order valence-corrected chi connectivity index (χ2v) is 9.31. The van der Waals surface area contributed by atoms with Crippen LogP contribution >= 0.6 is 15.9 Å². The summed E-state index contributed by atoms with van der Waals surface area (Å²) in [6.07, 6.45) is -4.74. The molecular formula is C23H19BrF3N3O4. The van der Waals surface area contributed by atoms with E-state index in [1.807, 2.05) is 0 Å². The zero-order valence-corrected chi connectivity index (χ0v) is 19.4. The van der Waals surface area contributed by atoms with Crippen molar-refractivity contribution in [2.45, 2.75) is 31.3 Å². The summed E-state index contributed by atoms with van der Waals surface area (Å²) in [7, 11) is 0. The van der Waals surface area contributed by atoms with E-state index in [-0.39, 0.29) is 30.4 Å². The number of carbonyl (C=O) groups excluding carboxylic acids is 2.